The second-order valence-electron chi connectivity index (χ2n) is 9.20. The molecule has 0 radical (unpaired) electrons. The fourth-order valence-electron chi connectivity index (χ4n) is 5.28. The zero-order valence-electron chi connectivity index (χ0n) is 17.5. The van der Waals surface area contributed by atoms with Crippen molar-refractivity contribution in [3.63, 3.8) is 0 Å². The number of carbonyl (C=O) groups excluding carboxylic acids is 1. The molecule has 0 aliphatic carbocycles. The maximum absolute atomic E-state index is 13.6. The van der Waals surface area contributed by atoms with Gasteiger partial charge in [-0.1, -0.05) is 6.92 Å². The summed E-state index contributed by atoms with van der Waals surface area (Å²) in [4.78, 5) is 17.0. The van der Waals surface area contributed by atoms with Crippen LogP contribution in [0.15, 0.2) is 6.07 Å². The molecule has 0 saturated carbocycles. The lowest BCUT2D eigenvalue weighted by Crippen LogP contribution is -2.49. The molecule has 0 aromatic carbocycles. The molecule has 8 heteroatoms. The zero-order valence-corrected chi connectivity index (χ0v) is 17.5. The molecule has 3 atom stereocenters. The highest BCUT2D eigenvalue weighted by molar-refractivity contribution is 5.78. The lowest BCUT2D eigenvalue weighted by Gasteiger charge is -2.41. The van der Waals surface area contributed by atoms with Crippen molar-refractivity contribution in [1.82, 2.24) is 19.6 Å². The van der Waals surface area contributed by atoms with Gasteiger partial charge in [-0.15, -0.1) is 0 Å². The van der Waals surface area contributed by atoms with Crippen molar-refractivity contribution < 1.29 is 13.6 Å². The van der Waals surface area contributed by atoms with Gasteiger partial charge in [-0.05, 0) is 57.4 Å². The third-order valence-corrected chi connectivity index (χ3v) is 6.85. The number of alkyl halides is 2. The fourth-order valence-corrected chi connectivity index (χ4v) is 5.28. The van der Waals surface area contributed by atoms with Crippen LogP contribution < -0.4 is 5.32 Å². The van der Waals surface area contributed by atoms with Crippen molar-refractivity contribution in [2.45, 2.75) is 64.5 Å². The smallest absolute Gasteiger partial charge is 0.260 e. The van der Waals surface area contributed by atoms with Crippen molar-refractivity contribution in [1.29, 1.82) is 0 Å². The van der Waals surface area contributed by atoms with Crippen LogP contribution in [0.4, 0.5) is 14.6 Å². The number of aryl methyl sites for hydroxylation is 1. The predicted molar refractivity (Wildman–Crippen MR) is 108 cm³/mol. The summed E-state index contributed by atoms with van der Waals surface area (Å²) in [5.74, 6) is 1.88. The Labute approximate surface area is 171 Å². The van der Waals surface area contributed by atoms with Crippen LogP contribution >= 0.6 is 0 Å². The molecule has 6 nitrogen and oxygen atoms in total. The van der Waals surface area contributed by atoms with Crippen molar-refractivity contribution >= 4 is 11.7 Å². The van der Waals surface area contributed by atoms with Gasteiger partial charge in [0.25, 0.3) is 6.43 Å². The van der Waals surface area contributed by atoms with E-state index in [1.165, 1.54) is 17.5 Å². The minimum absolute atomic E-state index is 0.0118. The van der Waals surface area contributed by atoms with E-state index in [2.05, 4.69) is 22.2 Å². The third-order valence-electron chi connectivity index (χ3n) is 6.85. The predicted octanol–water partition coefficient (Wildman–Crippen LogP) is 3.15. The van der Waals surface area contributed by atoms with Crippen LogP contribution in [0, 0.1) is 18.8 Å². The quantitative estimate of drug-likeness (QED) is 0.830. The first kappa shape index (κ1) is 20.6. The fraction of sp³-hybridized carbons (Fsp3) is 0.810. The molecule has 0 unspecified atom stereocenters. The summed E-state index contributed by atoms with van der Waals surface area (Å²) >= 11 is 0. The van der Waals surface area contributed by atoms with Crippen molar-refractivity contribution in [2.24, 2.45) is 11.8 Å². The van der Waals surface area contributed by atoms with Crippen LogP contribution in [0.2, 0.25) is 0 Å². The second kappa shape index (κ2) is 8.58. The number of nitrogens with one attached hydrogen (secondary N) is 1. The first-order chi connectivity index (χ1) is 13.9. The third kappa shape index (κ3) is 4.57. The lowest BCUT2D eigenvalue weighted by atomic mass is 9.85. The molecule has 0 spiro atoms. The van der Waals surface area contributed by atoms with Crippen LogP contribution in [0.25, 0.3) is 0 Å². The van der Waals surface area contributed by atoms with E-state index in [-0.39, 0.29) is 11.9 Å². The molecule has 1 aromatic rings. The van der Waals surface area contributed by atoms with Crippen LogP contribution in [0.1, 0.15) is 50.8 Å². The molecule has 4 rings (SSSR count). The van der Waals surface area contributed by atoms with E-state index in [1.807, 2.05) is 17.9 Å². The number of nitrogens with zero attached hydrogens (tertiary/aromatic N) is 4. The monoisotopic (exact) mass is 409 g/mol. The summed E-state index contributed by atoms with van der Waals surface area (Å²) in [6, 6.07) is 0.989. The lowest BCUT2D eigenvalue weighted by molar-refractivity contribution is -0.134. The summed E-state index contributed by atoms with van der Waals surface area (Å²) < 4.78 is 28.7. The summed E-state index contributed by atoms with van der Waals surface area (Å²) in [6.45, 7) is 8.07. The number of amides is 1. The Hall–Kier alpha value is -1.70. The van der Waals surface area contributed by atoms with E-state index >= 15 is 0 Å². The van der Waals surface area contributed by atoms with Crippen LogP contribution in [-0.2, 0) is 4.79 Å². The number of hydrogen-bond acceptors (Lipinski definition) is 4. The van der Waals surface area contributed by atoms with Gasteiger partial charge in [-0.25, -0.2) is 13.5 Å². The highest BCUT2D eigenvalue weighted by Gasteiger charge is 2.38. The normalized spacial score (nSPS) is 29.0. The molecule has 4 heterocycles. The van der Waals surface area contributed by atoms with Gasteiger partial charge >= 0.3 is 0 Å². The molecular formula is C21H33F2N5O. The Morgan fingerprint density at radius 2 is 2.03 bits per heavy atom. The molecule has 3 aliphatic heterocycles. The molecule has 2 fully saturated rings. The minimum Gasteiger partial charge on any atom is -0.367 e. The molecule has 1 N–H and O–H groups in total. The topological polar surface area (TPSA) is 53.4 Å². The van der Waals surface area contributed by atoms with Crippen molar-refractivity contribution in [3.8, 4) is 0 Å². The van der Waals surface area contributed by atoms with E-state index in [0.29, 0.717) is 30.6 Å². The Kier molecular flexibility index (Phi) is 6.08. The highest BCUT2D eigenvalue weighted by Crippen LogP contribution is 2.36. The number of rotatable bonds is 4. The van der Waals surface area contributed by atoms with Gasteiger partial charge in [-0.2, -0.15) is 5.10 Å². The van der Waals surface area contributed by atoms with Gasteiger partial charge in [0.2, 0.25) is 5.91 Å². The summed E-state index contributed by atoms with van der Waals surface area (Å²) in [5, 5.41) is 7.69. The Bertz CT molecular complexity index is 716. The van der Waals surface area contributed by atoms with Crippen LogP contribution in [-0.4, -0.2) is 70.7 Å². The van der Waals surface area contributed by atoms with Crippen LogP contribution in [0.3, 0.4) is 0 Å². The SMILES string of the molecule is Cc1cc2n(n1)[C@@H](C(F)F)C[C@@H](C1CCN(C(=O)CN3CCC[C@H](C)C3)CC1)N2. The largest absolute Gasteiger partial charge is 0.367 e. The van der Waals surface area contributed by atoms with E-state index < -0.39 is 12.5 Å². The second-order valence-corrected chi connectivity index (χ2v) is 9.20. The van der Waals surface area contributed by atoms with E-state index in [0.717, 1.165) is 44.7 Å². The minimum atomic E-state index is -2.42. The number of likely N-dealkylation sites (tertiary alicyclic amines) is 2. The molecule has 0 bridgehead atoms. The number of carbonyl (C=O) groups is 1. The van der Waals surface area contributed by atoms with Gasteiger partial charge < -0.3 is 10.2 Å². The van der Waals surface area contributed by atoms with Gasteiger partial charge in [-0.3, -0.25) is 9.69 Å². The van der Waals surface area contributed by atoms with Gasteiger partial charge in [0.05, 0.1) is 12.2 Å². The number of fused-ring (bicyclic) bond motifs is 1. The number of piperidine rings is 2. The maximum Gasteiger partial charge on any atom is 0.260 e. The van der Waals surface area contributed by atoms with Gasteiger partial charge in [0.1, 0.15) is 11.9 Å². The Morgan fingerprint density at radius 3 is 2.72 bits per heavy atom. The Morgan fingerprint density at radius 1 is 1.28 bits per heavy atom. The van der Waals surface area contributed by atoms with Gasteiger partial charge in [0.15, 0.2) is 0 Å². The highest BCUT2D eigenvalue weighted by atomic mass is 19.3. The molecule has 1 amide bonds. The van der Waals surface area contributed by atoms with E-state index in [4.69, 9.17) is 0 Å². The molecule has 29 heavy (non-hydrogen) atoms. The first-order valence-corrected chi connectivity index (χ1v) is 11.0. The number of aromatic nitrogens is 2. The van der Waals surface area contributed by atoms with Crippen LogP contribution in [0.5, 0.6) is 0 Å². The molecule has 162 valence electrons. The van der Waals surface area contributed by atoms with Crippen molar-refractivity contribution in [2.75, 3.05) is 38.0 Å². The van der Waals surface area contributed by atoms with Gasteiger partial charge in [0, 0.05) is 31.7 Å². The molecular weight excluding hydrogens is 376 g/mol. The molecule has 2 saturated heterocycles. The molecule has 3 aliphatic rings. The van der Waals surface area contributed by atoms with E-state index in [1.54, 1.807) is 0 Å². The number of anilines is 1. The number of halogens is 2. The molecule has 1 aromatic heterocycles. The maximum atomic E-state index is 13.6. The van der Waals surface area contributed by atoms with E-state index in [9.17, 15) is 13.6 Å². The summed E-state index contributed by atoms with van der Waals surface area (Å²) in [7, 11) is 0. The number of hydrogen-bond donors (Lipinski definition) is 1. The summed E-state index contributed by atoms with van der Waals surface area (Å²) in [5.41, 5.74) is 0.756. The zero-order chi connectivity index (χ0) is 20.5. The first-order valence-electron chi connectivity index (χ1n) is 11.0. The van der Waals surface area contributed by atoms with Crippen molar-refractivity contribution in [3.05, 3.63) is 11.8 Å². The average Bonchev–Trinajstić information content (AvgIpc) is 3.07. The summed E-state index contributed by atoms with van der Waals surface area (Å²) in [6.07, 6.45) is 2.11. The average molecular weight is 410 g/mol. The standard InChI is InChI=1S/C21H33F2N5O/c1-14-4-3-7-26(12-14)13-20(29)27-8-5-16(6-9-27)17-11-18(21(22)23)28-19(24-17)10-15(2)25-28/h10,14,16-18,21,24H,3-9,11-13H2,1-2H3/t14-,17-,18+/m0/s1. The Balaban J connectivity index is 1.32.